The van der Waals surface area contributed by atoms with Crippen LogP contribution in [-0.4, -0.2) is 362 Å². The molecule has 39 nitrogen and oxygen atoms in total. The van der Waals surface area contributed by atoms with Gasteiger partial charge in [0.2, 0.25) is 0 Å². The van der Waals surface area contributed by atoms with Crippen LogP contribution in [0.4, 0.5) is 0 Å². The Hall–Kier alpha value is -2.64. The van der Waals surface area contributed by atoms with Gasteiger partial charge in [0.15, 0.2) is 37.6 Å². The lowest BCUT2D eigenvalue weighted by Gasteiger charge is -2.49. The van der Waals surface area contributed by atoms with E-state index in [1.165, 1.54) is 0 Å². The fraction of sp³-hybridized carbons (Fsp3) is 0.952. The van der Waals surface area contributed by atoms with Crippen molar-refractivity contribution >= 4 is 25.7 Å². The van der Waals surface area contributed by atoms with Gasteiger partial charge in [0.1, 0.15) is 172 Å². The Bertz CT molecular complexity index is 2520. The number of ether oxygens (including phenoxy) is 13. The van der Waals surface area contributed by atoms with Gasteiger partial charge < -0.3 is 163 Å². The smallest absolute Gasteiger partial charge is 0.463 e. The molecule has 0 amide bonds. The maximum absolute atomic E-state index is 14.4. The van der Waals surface area contributed by atoms with Crippen LogP contribution in [0.1, 0.15) is 130 Å². The highest BCUT2D eigenvalue weighted by molar-refractivity contribution is 7.47. The van der Waals surface area contributed by atoms with Gasteiger partial charge in [-0.1, -0.05) is 91.9 Å². The number of rotatable bonds is 41. The number of phosphoric ester groups is 1. The highest BCUT2D eigenvalue weighted by Gasteiger charge is 2.59. The molecule has 20 N–H and O–H groups in total. The van der Waals surface area contributed by atoms with Crippen LogP contribution < -0.4 is 0 Å². The second-order valence-electron chi connectivity index (χ2n) is 26.9. The molecule has 0 radical (unpaired) electrons. The van der Waals surface area contributed by atoms with Gasteiger partial charge in [-0.15, -0.1) is 0 Å². The van der Waals surface area contributed by atoms with Gasteiger partial charge in [-0.05, 0) is 25.2 Å². The van der Waals surface area contributed by atoms with Crippen molar-refractivity contribution in [1.82, 2.24) is 0 Å². The Morgan fingerprint density at radius 3 is 1.28 bits per heavy atom. The van der Waals surface area contributed by atoms with Crippen LogP contribution in [0.3, 0.4) is 0 Å². The molecule has 6 fully saturated rings. The summed E-state index contributed by atoms with van der Waals surface area (Å²) < 4.78 is 98.4. The lowest BCUT2D eigenvalue weighted by Crippen LogP contribution is -2.69. The summed E-state index contributed by atoms with van der Waals surface area (Å²) in [6.45, 7) is 1.52. The van der Waals surface area contributed by atoms with Crippen molar-refractivity contribution in [2.75, 3.05) is 46.2 Å². The first-order valence-electron chi connectivity index (χ1n) is 35.3. The Labute approximate surface area is 594 Å². The Kier molecular flexibility index (Phi) is 37.3. The van der Waals surface area contributed by atoms with Crippen LogP contribution in [0.2, 0.25) is 0 Å². The average Bonchev–Trinajstić information content (AvgIpc) is 0.759. The van der Waals surface area contributed by atoms with Crippen molar-refractivity contribution in [3.8, 4) is 0 Å². The van der Waals surface area contributed by atoms with Crippen molar-refractivity contribution < 1.29 is 191 Å². The summed E-state index contributed by atoms with van der Waals surface area (Å²) in [4.78, 5) is 50.1. The third kappa shape index (κ3) is 24.9. The lowest BCUT2D eigenvalue weighted by atomic mass is 9.84. The summed E-state index contributed by atoms with van der Waals surface area (Å²) in [7, 11) is -5.87. The van der Waals surface area contributed by atoms with E-state index in [9.17, 15) is 121 Å². The molecule has 0 aromatic rings. The number of carbonyl (C=O) groups is 3. The lowest BCUT2D eigenvalue weighted by molar-refractivity contribution is -0.375. The molecular weight excluding hydrogens is 1410 g/mol. The number of unbranched alkanes of at least 4 members (excludes halogenated alkanes) is 8. The third-order valence-corrected chi connectivity index (χ3v) is 19.9. The van der Waals surface area contributed by atoms with E-state index in [-0.39, 0.29) is 19.3 Å². The van der Waals surface area contributed by atoms with E-state index in [2.05, 4.69) is 13.8 Å². The summed E-state index contributed by atoms with van der Waals surface area (Å²) in [6, 6.07) is 0. The van der Waals surface area contributed by atoms with Gasteiger partial charge in [0.05, 0.1) is 33.0 Å². The van der Waals surface area contributed by atoms with Gasteiger partial charge >= 0.3 is 25.7 Å². The maximum atomic E-state index is 14.4. The standard InChI is InChI=1S/C63H111O39P/c1-5-8-9-15-20-37(68)93-29(23-88-36(67)19-16-13-11-10-12-14-18-28(4)7-3)24-92-103(86,87)102-58-55(99-61-53(84)45(76)40(71)32(97-61)25-89-35(66)17-6-2)49(80)47(78)50(81)56(58)100-62-54(85)46(77)42(73)34(98-62)26-90-59-51(82)44(75)41(72)33(96-59)27-91-63-57(48(79)39(70)31(22-65)95-63)101-60-52(83)43(74)38(69)30(21-64)94-60/h28-34,38-65,69-85H,5-27H2,1-4H3,(H,86,87)/t28-,29-,30-,31-,32-,33-,34-,38-,39-,40-,41-,42-,43+,44+,45+,46+,47-,48+,49-,50+,51+,52+,53+,54+,55-,56-,57+,58-,59+,60-,61-,62-,63+/m1/s1. The Morgan fingerprint density at radius 1 is 0.388 bits per heavy atom. The zero-order chi connectivity index (χ0) is 76.2. The quantitative estimate of drug-likeness (QED) is 0.0117. The summed E-state index contributed by atoms with van der Waals surface area (Å²) in [5.41, 5.74) is 0. The molecule has 0 aromatic heterocycles. The largest absolute Gasteiger partial charge is 0.472 e. The molecule has 6 aliphatic rings. The molecule has 1 saturated carbocycles. The van der Waals surface area contributed by atoms with Crippen LogP contribution in [-0.2, 0) is 89.6 Å². The van der Waals surface area contributed by atoms with E-state index in [0.717, 1.165) is 51.4 Å². The minimum Gasteiger partial charge on any atom is -0.463 e. The molecule has 0 aromatic carbocycles. The van der Waals surface area contributed by atoms with Crippen molar-refractivity contribution in [3.63, 3.8) is 0 Å². The second kappa shape index (κ2) is 43.1. The number of carbonyl (C=O) groups excluding carboxylic acids is 3. The summed E-state index contributed by atoms with van der Waals surface area (Å²) in [5.74, 6) is -1.67. The predicted molar refractivity (Wildman–Crippen MR) is 339 cm³/mol. The van der Waals surface area contributed by atoms with Gasteiger partial charge in [-0.2, -0.15) is 0 Å². The van der Waals surface area contributed by atoms with E-state index >= 15 is 0 Å². The molecule has 5 saturated heterocycles. The minimum absolute atomic E-state index is 0.0324. The molecule has 602 valence electrons. The highest BCUT2D eigenvalue weighted by atomic mass is 31.2. The van der Waals surface area contributed by atoms with Crippen LogP contribution >= 0.6 is 7.82 Å². The monoisotopic (exact) mass is 1520 g/mol. The van der Waals surface area contributed by atoms with Gasteiger partial charge in [0, 0.05) is 19.3 Å². The molecule has 5 heterocycles. The normalized spacial score (nSPS) is 40.7. The zero-order valence-corrected chi connectivity index (χ0v) is 58.9. The minimum atomic E-state index is -5.87. The summed E-state index contributed by atoms with van der Waals surface area (Å²) >= 11 is 0. The number of phosphoric acid groups is 1. The predicted octanol–water partition coefficient (Wildman–Crippen LogP) is -6.63. The highest BCUT2D eigenvalue weighted by Crippen LogP contribution is 2.49. The topological polar surface area (TPSA) is 611 Å². The van der Waals surface area contributed by atoms with Crippen molar-refractivity contribution in [2.24, 2.45) is 5.92 Å². The van der Waals surface area contributed by atoms with E-state index < -0.39 is 268 Å². The fourth-order valence-electron chi connectivity index (χ4n) is 12.3. The third-order valence-electron chi connectivity index (χ3n) is 19.0. The number of esters is 3. The first-order valence-corrected chi connectivity index (χ1v) is 36.7. The zero-order valence-electron chi connectivity index (χ0n) is 58.0. The molecule has 103 heavy (non-hydrogen) atoms. The van der Waals surface area contributed by atoms with Crippen LogP contribution in [0.25, 0.3) is 0 Å². The van der Waals surface area contributed by atoms with E-state index in [1.807, 2.05) is 6.92 Å². The number of aliphatic hydroxyl groups is 19. The van der Waals surface area contributed by atoms with Gasteiger partial charge in [0.25, 0.3) is 0 Å². The molecule has 5 aliphatic heterocycles. The SMILES string of the molecule is CCCCCCC(=O)O[C@H](COC(=O)CCCCCCCC[C@H](C)CC)COP(=O)(O)O[C@@H]1[C@H](O[C@H]2O[C@H](COC(=O)CCC)[C@@H](O)[C@H](O)[C@@H]2O)[C@H](O)[C@@H](O)[C@H](O)[C@H]1O[C@H]1O[C@H](CO[C@H]2O[C@H](CO[C@H]3O[C@H](CO)[C@@H](O)[C@H](O)[C@@H]3O[C@H]3O[C@H](CO)[C@@H](O)[C@H](O)[C@@H]3O)[C@@H](O)[C@H](O)[C@@H]2O)[C@@H](O)[C@H](O)[C@@H]1O. The van der Waals surface area contributed by atoms with E-state index in [1.54, 1.807) is 6.92 Å². The van der Waals surface area contributed by atoms with Crippen LogP contribution in [0.5, 0.6) is 0 Å². The van der Waals surface area contributed by atoms with Crippen LogP contribution in [0.15, 0.2) is 0 Å². The summed E-state index contributed by atoms with van der Waals surface area (Å²) in [5, 5.41) is 208. The fourth-order valence-corrected chi connectivity index (χ4v) is 13.3. The number of hydrogen-bond acceptors (Lipinski definition) is 38. The number of aliphatic hydroxyl groups excluding tert-OH is 19. The molecule has 0 spiro atoms. The van der Waals surface area contributed by atoms with Crippen LogP contribution in [0, 0.1) is 5.92 Å². The molecule has 0 bridgehead atoms. The van der Waals surface area contributed by atoms with Crippen molar-refractivity contribution in [1.29, 1.82) is 0 Å². The molecule has 40 heteroatoms. The second-order valence-corrected chi connectivity index (χ2v) is 28.3. The first-order chi connectivity index (χ1) is 48.8. The molecule has 1 unspecified atom stereocenters. The average molecular weight is 1520 g/mol. The van der Waals surface area contributed by atoms with E-state index in [4.69, 9.17) is 70.6 Å². The Morgan fingerprint density at radius 2 is 0.777 bits per heavy atom. The Balaban J connectivity index is 1.22. The van der Waals surface area contributed by atoms with Gasteiger partial charge in [-0.25, -0.2) is 4.57 Å². The molecule has 34 atom stereocenters. The maximum Gasteiger partial charge on any atom is 0.472 e. The molecular formula is C63H111O39P. The van der Waals surface area contributed by atoms with E-state index in [0.29, 0.717) is 38.0 Å². The molecule has 1 aliphatic carbocycles. The van der Waals surface area contributed by atoms with Gasteiger partial charge in [-0.3, -0.25) is 23.4 Å². The molecule has 6 rings (SSSR count). The number of hydrogen-bond donors (Lipinski definition) is 20. The summed E-state index contributed by atoms with van der Waals surface area (Å²) in [6.07, 6.45) is -57.8. The van der Waals surface area contributed by atoms with Crippen molar-refractivity contribution in [2.45, 2.75) is 327 Å². The van der Waals surface area contributed by atoms with Crippen molar-refractivity contribution in [3.05, 3.63) is 0 Å². The first kappa shape index (κ1) is 89.3.